The van der Waals surface area contributed by atoms with Crippen LogP contribution < -0.4 is 21.7 Å². The number of ether oxygens (including phenoxy) is 1. The highest BCUT2D eigenvalue weighted by atomic mass is 35.5. The van der Waals surface area contributed by atoms with Gasteiger partial charge in [-0.05, 0) is 62.5 Å². The molecule has 1 aromatic carbocycles. The van der Waals surface area contributed by atoms with E-state index in [4.69, 9.17) is 27.2 Å². The zero-order valence-electron chi connectivity index (χ0n) is 18.8. The van der Waals surface area contributed by atoms with Crippen LogP contribution in [0.4, 0.5) is 5.82 Å². The number of nitrogens with one attached hydrogen (secondary N) is 1. The molecule has 2 aliphatic heterocycles. The second kappa shape index (κ2) is 13.8. The lowest BCUT2D eigenvalue weighted by Crippen LogP contribution is -2.52. The number of hydrogen-bond donors (Lipinski definition) is 4. The lowest BCUT2D eigenvalue weighted by Gasteiger charge is -2.39. The van der Waals surface area contributed by atoms with Crippen LogP contribution in [0.1, 0.15) is 26.2 Å². The van der Waals surface area contributed by atoms with E-state index in [-0.39, 0.29) is 11.3 Å². The van der Waals surface area contributed by atoms with E-state index in [1.165, 1.54) is 5.39 Å². The smallest absolute Gasteiger partial charge is 0.180 e. The molecule has 176 valence electrons. The number of allylic oxidation sites excluding steroid dienone is 1. The molecule has 0 atom stereocenters. The SMILES string of the molecule is C=C(N)Cl.CC/C=C(\N)OC1CN(c2ccc3ccccc3n2)C1.OCC1CCNCC1. The lowest BCUT2D eigenvalue weighted by molar-refractivity contribution is 0.0878. The Labute approximate surface area is 196 Å². The van der Waals surface area contributed by atoms with Crippen LogP contribution in [0.15, 0.2) is 60.1 Å². The molecule has 0 unspecified atom stereocenters. The van der Waals surface area contributed by atoms with Gasteiger partial charge in [0.2, 0.25) is 0 Å². The molecular weight excluding hydrogens is 426 g/mol. The minimum absolute atomic E-state index is 0.139. The highest BCUT2D eigenvalue weighted by Crippen LogP contribution is 2.24. The van der Waals surface area contributed by atoms with Crippen molar-refractivity contribution < 1.29 is 9.84 Å². The number of halogens is 1. The van der Waals surface area contributed by atoms with Crippen molar-refractivity contribution in [3.8, 4) is 0 Å². The number of hydrogen-bond acceptors (Lipinski definition) is 7. The zero-order valence-corrected chi connectivity index (χ0v) is 19.6. The van der Waals surface area contributed by atoms with Gasteiger partial charge in [0.05, 0.1) is 23.8 Å². The van der Waals surface area contributed by atoms with Gasteiger partial charge in [-0.2, -0.15) is 0 Å². The third-order valence-corrected chi connectivity index (χ3v) is 5.18. The molecule has 32 heavy (non-hydrogen) atoms. The van der Waals surface area contributed by atoms with Gasteiger partial charge in [0.15, 0.2) is 5.88 Å². The topological polar surface area (TPSA) is 110 Å². The van der Waals surface area contributed by atoms with Gasteiger partial charge in [-0.1, -0.05) is 43.3 Å². The van der Waals surface area contributed by atoms with Crippen molar-refractivity contribution in [2.75, 3.05) is 37.7 Å². The first-order chi connectivity index (χ1) is 15.4. The predicted octanol–water partition coefficient (Wildman–Crippen LogP) is 3.28. The summed E-state index contributed by atoms with van der Waals surface area (Å²) in [6.07, 6.45) is 5.27. The Balaban J connectivity index is 0.000000250. The fourth-order valence-corrected chi connectivity index (χ4v) is 3.44. The van der Waals surface area contributed by atoms with Crippen LogP contribution in [0.25, 0.3) is 10.9 Å². The number of aromatic nitrogens is 1. The summed E-state index contributed by atoms with van der Waals surface area (Å²) in [4.78, 5) is 6.88. The molecule has 2 aliphatic rings. The number of piperidine rings is 1. The molecule has 2 fully saturated rings. The first kappa shape index (κ1) is 25.8. The van der Waals surface area contributed by atoms with E-state index in [2.05, 4.69) is 45.7 Å². The van der Waals surface area contributed by atoms with Gasteiger partial charge < -0.3 is 31.5 Å². The molecule has 6 N–H and O–H groups in total. The van der Waals surface area contributed by atoms with Crippen LogP contribution in [-0.2, 0) is 4.74 Å². The average molecular weight is 462 g/mol. The second-order valence-electron chi connectivity index (χ2n) is 7.84. The third-order valence-electron chi connectivity index (χ3n) is 5.18. The monoisotopic (exact) mass is 461 g/mol. The zero-order chi connectivity index (χ0) is 23.3. The summed E-state index contributed by atoms with van der Waals surface area (Å²) < 4.78 is 5.64. The van der Waals surface area contributed by atoms with Crippen LogP contribution in [-0.4, -0.2) is 49.0 Å². The third kappa shape index (κ3) is 8.94. The molecular formula is C24H36ClN5O2. The number of benzene rings is 1. The number of aliphatic hydroxyl groups is 1. The van der Waals surface area contributed by atoms with Crippen molar-refractivity contribution >= 4 is 28.3 Å². The van der Waals surface area contributed by atoms with Crippen molar-refractivity contribution in [2.45, 2.75) is 32.3 Å². The summed E-state index contributed by atoms with van der Waals surface area (Å²) in [5.41, 5.74) is 11.5. The van der Waals surface area contributed by atoms with E-state index in [1.54, 1.807) is 0 Å². The Morgan fingerprint density at radius 3 is 2.50 bits per heavy atom. The molecule has 0 bridgehead atoms. The molecule has 0 saturated carbocycles. The number of rotatable bonds is 5. The Kier molecular flexibility index (Phi) is 11.1. The van der Waals surface area contributed by atoms with Gasteiger partial charge in [-0.25, -0.2) is 4.98 Å². The maximum absolute atomic E-state index is 8.66. The maximum atomic E-state index is 8.66. The summed E-state index contributed by atoms with van der Waals surface area (Å²) in [5.74, 6) is 2.11. The van der Waals surface area contributed by atoms with E-state index in [0.717, 1.165) is 56.8 Å². The Morgan fingerprint density at radius 1 is 1.25 bits per heavy atom. The molecule has 8 heteroatoms. The number of anilines is 1. The summed E-state index contributed by atoms with van der Waals surface area (Å²) in [7, 11) is 0. The number of aliphatic hydroxyl groups excluding tert-OH is 1. The first-order valence-corrected chi connectivity index (χ1v) is 11.4. The van der Waals surface area contributed by atoms with Gasteiger partial charge in [0.1, 0.15) is 11.9 Å². The summed E-state index contributed by atoms with van der Waals surface area (Å²) >= 11 is 4.86. The Morgan fingerprint density at radius 2 is 1.91 bits per heavy atom. The molecule has 0 spiro atoms. The molecule has 0 aliphatic carbocycles. The molecule has 7 nitrogen and oxygen atoms in total. The summed E-state index contributed by atoms with van der Waals surface area (Å²) in [6.45, 7) is 9.37. The average Bonchev–Trinajstić information content (AvgIpc) is 2.76. The number of nitrogens with zero attached hydrogens (tertiary/aromatic N) is 2. The first-order valence-electron chi connectivity index (χ1n) is 11.1. The quantitative estimate of drug-likeness (QED) is 0.399. The standard InChI is InChI=1S/C16H19N3O.C6H13NO.C2H4ClN/c1-2-5-15(17)20-13-10-19(11-13)16-9-8-12-6-3-4-7-14(12)18-16;8-5-6-1-3-7-4-2-6;1-2(3)4/h3-9,13H,2,10-11,17H2,1H3;6-8H,1-5H2;1,4H2/b15-5+;;. The Bertz CT molecular complexity index is 860. The van der Waals surface area contributed by atoms with E-state index >= 15 is 0 Å². The largest absolute Gasteiger partial charge is 0.473 e. The van der Waals surface area contributed by atoms with E-state index in [1.807, 2.05) is 31.2 Å². The fourth-order valence-electron chi connectivity index (χ4n) is 3.44. The van der Waals surface area contributed by atoms with E-state index in [9.17, 15) is 0 Å². The van der Waals surface area contributed by atoms with Crippen LogP contribution in [0.3, 0.4) is 0 Å². The minimum Gasteiger partial charge on any atom is -0.473 e. The van der Waals surface area contributed by atoms with Crippen LogP contribution in [0.5, 0.6) is 0 Å². The van der Waals surface area contributed by atoms with Crippen molar-refractivity contribution in [3.05, 3.63) is 60.1 Å². The van der Waals surface area contributed by atoms with E-state index < -0.39 is 0 Å². The number of pyridine rings is 1. The number of fused-ring (bicyclic) bond motifs is 1. The Hall–Kier alpha value is -2.48. The highest BCUT2D eigenvalue weighted by Gasteiger charge is 2.29. The van der Waals surface area contributed by atoms with Gasteiger partial charge in [-0.3, -0.25) is 0 Å². The van der Waals surface area contributed by atoms with E-state index in [0.29, 0.717) is 18.4 Å². The van der Waals surface area contributed by atoms with Gasteiger partial charge >= 0.3 is 0 Å². The molecule has 4 rings (SSSR count). The fraction of sp³-hybridized carbons (Fsp3) is 0.458. The van der Waals surface area contributed by atoms with Crippen LogP contribution in [0.2, 0.25) is 0 Å². The maximum Gasteiger partial charge on any atom is 0.180 e. The minimum atomic E-state index is 0.139. The predicted molar refractivity (Wildman–Crippen MR) is 133 cm³/mol. The normalized spacial score (nSPS) is 16.8. The molecule has 0 amide bonds. The van der Waals surface area contributed by atoms with Crippen molar-refractivity contribution in [2.24, 2.45) is 17.4 Å². The lowest BCUT2D eigenvalue weighted by atomic mass is 10.00. The highest BCUT2D eigenvalue weighted by molar-refractivity contribution is 6.28. The molecule has 2 saturated heterocycles. The second-order valence-corrected chi connectivity index (χ2v) is 8.33. The van der Waals surface area contributed by atoms with Gasteiger partial charge in [0, 0.05) is 12.0 Å². The summed E-state index contributed by atoms with van der Waals surface area (Å²) in [6, 6.07) is 12.3. The molecule has 1 aromatic heterocycles. The van der Waals surface area contributed by atoms with Crippen LogP contribution >= 0.6 is 11.6 Å². The van der Waals surface area contributed by atoms with Crippen molar-refractivity contribution in [1.29, 1.82) is 0 Å². The summed E-state index contributed by atoms with van der Waals surface area (Å²) in [5, 5.41) is 13.2. The number of nitrogens with two attached hydrogens (primary N) is 2. The van der Waals surface area contributed by atoms with Crippen LogP contribution in [0, 0.1) is 5.92 Å². The van der Waals surface area contributed by atoms with Gasteiger partial charge in [0.25, 0.3) is 0 Å². The van der Waals surface area contributed by atoms with Crippen molar-refractivity contribution in [3.63, 3.8) is 0 Å². The molecule has 3 heterocycles. The molecule has 0 radical (unpaired) electrons. The van der Waals surface area contributed by atoms with Crippen molar-refractivity contribution in [1.82, 2.24) is 10.3 Å². The number of para-hydroxylation sites is 1. The van der Waals surface area contributed by atoms with Gasteiger partial charge in [-0.15, -0.1) is 0 Å². The molecule has 2 aromatic rings.